The summed E-state index contributed by atoms with van der Waals surface area (Å²) in [4.78, 5) is 27.3. The Morgan fingerprint density at radius 3 is 1.64 bits per heavy atom. The minimum atomic E-state index is -0.300. The lowest BCUT2D eigenvalue weighted by Crippen LogP contribution is -2.17. The quantitative estimate of drug-likeness (QED) is 0.198. The van der Waals surface area contributed by atoms with Crippen LogP contribution in [0.5, 0.6) is 0 Å². The molecule has 6 aromatic rings. The highest BCUT2D eigenvalue weighted by molar-refractivity contribution is 6.19. The van der Waals surface area contributed by atoms with Crippen LogP contribution in [0.25, 0.3) is 33.0 Å². The van der Waals surface area contributed by atoms with Crippen LogP contribution in [-0.4, -0.2) is 11.6 Å². The van der Waals surface area contributed by atoms with Gasteiger partial charge in [0, 0.05) is 33.1 Å². The van der Waals surface area contributed by atoms with E-state index in [1.54, 1.807) is 0 Å². The molecule has 8 rings (SSSR count). The Morgan fingerprint density at radius 1 is 0.432 bits per heavy atom. The van der Waals surface area contributed by atoms with Crippen LogP contribution in [0.15, 0.2) is 121 Å². The number of carbonyl (C=O) groups is 2. The number of fused-ring (bicyclic) bond motifs is 8. The van der Waals surface area contributed by atoms with Crippen molar-refractivity contribution in [2.45, 2.75) is 38.5 Å². The van der Waals surface area contributed by atoms with Gasteiger partial charge in [0.05, 0.1) is 0 Å². The average molecular weight is 569 g/mol. The van der Waals surface area contributed by atoms with Crippen molar-refractivity contribution >= 4 is 22.3 Å². The van der Waals surface area contributed by atoms with E-state index >= 15 is 0 Å². The van der Waals surface area contributed by atoms with Crippen LogP contribution >= 0.6 is 0 Å². The highest BCUT2D eigenvalue weighted by atomic mass is 16.1. The fourth-order valence-corrected chi connectivity index (χ4v) is 7.64. The van der Waals surface area contributed by atoms with E-state index < -0.39 is 0 Å². The van der Waals surface area contributed by atoms with Gasteiger partial charge in [0.15, 0.2) is 11.6 Å². The van der Waals surface area contributed by atoms with E-state index in [4.69, 9.17) is 0 Å². The minimum Gasteiger partial charge on any atom is -0.289 e. The second-order valence-corrected chi connectivity index (χ2v) is 13.2. The van der Waals surface area contributed by atoms with Gasteiger partial charge in [-0.15, -0.1) is 0 Å². The van der Waals surface area contributed by atoms with Gasteiger partial charge in [-0.3, -0.25) is 9.59 Å². The lowest BCUT2D eigenvalue weighted by atomic mass is 9.78. The molecular weight excluding hydrogens is 536 g/mol. The lowest BCUT2D eigenvalue weighted by molar-refractivity contribution is 0.103. The molecule has 0 atom stereocenters. The monoisotopic (exact) mass is 568 g/mol. The molecule has 2 nitrogen and oxygen atoms in total. The van der Waals surface area contributed by atoms with Gasteiger partial charge in [-0.2, -0.15) is 0 Å². The van der Waals surface area contributed by atoms with Crippen LogP contribution in [0.2, 0.25) is 0 Å². The smallest absolute Gasteiger partial charge is 0.193 e. The maximum atomic E-state index is 13.9. The first-order chi connectivity index (χ1) is 21.2. The fraction of sp³-hybridized carbons (Fsp3) is 0.143. The number of benzene rings is 6. The van der Waals surface area contributed by atoms with Crippen LogP contribution in [0.4, 0.5) is 0 Å². The molecular formula is C42H32O2. The third-order valence-electron chi connectivity index (χ3n) is 10.1. The SMILES string of the molecule is CC1(C)c2cc(C(=O)c3ccccc3)ccc2-c2cc3c(cc21)-c1c(cc(C(=O)c2ccccc2)c2ccccc12)C3(C)C. The highest BCUT2D eigenvalue weighted by Crippen LogP contribution is 2.57. The first-order valence-corrected chi connectivity index (χ1v) is 15.3. The zero-order valence-electron chi connectivity index (χ0n) is 25.4. The van der Waals surface area contributed by atoms with Crippen molar-refractivity contribution in [1.82, 2.24) is 0 Å². The van der Waals surface area contributed by atoms with Crippen molar-refractivity contribution in [1.29, 1.82) is 0 Å². The van der Waals surface area contributed by atoms with Crippen molar-refractivity contribution in [3.63, 3.8) is 0 Å². The first-order valence-electron chi connectivity index (χ1n) is 15.3. The molecule has 6 aromatic carbocycles. The third kappa shape index (κ3) is 3.61. The summed E-state index contributed by atoms with van der Waals surface area (Å²) >= 11 is 0. The van der Waals surface area contributed by atoms with E-state index in [9.17, 15) is 9.59 Å². The summed E-state index contributed by atoms with van der Waals surface area (Å²) in [5, 5.41) is 2.09. The molecule has 0 N–H and O–H groups in total. The van der Waals surface area contributed by atoms with Crippen molar-refractivity contribution in [3.05, 3.63) is 166 Å². The molecule has 0 fully saturated rings. The average Bonchev–Trinajstić information content (AvgIpc) is 3.42. The molecule has 0 heterocycles. The van der Waals surface area contributed by atoms with Crippen molar-refractivity contribution in [2.75, 3.05) is 0 Å². The zero-order chi connectivity index (χ0) is 30.4. The molecule has 0 unspecified atom stereocenters. The van der Waals surface area contributed by atoms with Gasteiger partial charge in [-0.1, -0.05) is 125 Å². The number of carbonyl (C=O) groups excluding carboxylic acids is 2. The summed E-state index contributed by atoms with van der Waals surface area (Å²) in [6.07, 6.45) is 0. The molecule has 2 aliphatic rings. The second-order valence-electron chi connectivity index (χ2n) is 13.2. The van der Waals surface area contributed by atoms with Gasteiger partial charge in [0.25, 0.3) is 0 Å². The molecule has 0 aromatic heterocycles. The largest absolute Gasteiger partial charge is 0.289 e. The predicted octanol–water partition coefficient (Wildman–Crippen LogP) is 9.91. The minimum absolute atomic E-state index is 0.0463. The number of ketones is 2. The number of hydrogen-bond donors (Lipinski definition) is 0. The van der Waals surface area contributed by atoms with Crippen molar-refractivity contribution < 1.29 is 9.59 Å². The Hall–Kier alpha value is -5.08. The van der Waals surface area contributed by atoms with Crippen LogP contribution in [0.1, 0.15) is 81.8 Å². The maximum absolute atomic E-state index is 13.9. The third-order valence-corrected chi connectivity index (χ3v) is 10.1. The summed E-state index contributed by atoms with van der Waals surface area (Å²) in [6, 6.07) is 40.5. The summed E-state index contributed by atoms with van der Waals surface area (Å²) in [7, 11) is 0. The van der Waals surface area contributed by atoms with Gasteiger partial charge in [-0.25, -0.2) is 0 Å². The van der Waals surface area contributed by atoms with Gasteiger partial charge in [0.2, 0.25) is 0 Å². The number of hydrogen-bond acceptors (Lipinski definition) is 2. The first kappa shape index (κ1) is 26.5. The molecule has 0 saturated carbocycles. The maximum Gasteiger partial charge on any atom is 0.193 e. The Kier molecular flexibility index (Phi) is 5.55. The van der Waals surface area contributed by atoms with E-state index in [0.29, 0.717) is 11.1 Å². The molecule has 0 radical (unpaired) electrons. The summed E-state index contributed by atoms with van der Waals surface area (Å²) < 4.78 is 0. The van der Waals surface area contributed by atoms with E-state index in [-0.39, 0.29) is 22.4 Å². The molecule has 0 saturated heterocycles. The summed E-state index contributed by atoms with van der Waals surface area (Å²) in [5.74, 6) is 0.0970. The molecule has 2 heteroatoms. The molecule has 2 aliphatic carbocycles. The van der Waals surface area contributed by atoms with E-state index in [1.165, 1.54) is 44.5 Å². The van der Waals surface area contributed by atoms with Gasteiger partial charge >= 0.3 is 0 Å². The Balaban J connectivity index is 1.31. The highest BCUT2D eigenvalue weighted by Gasteiger charge is 2.43. The number of rotatable bonds is 4. The molecule has 44 heavy (non-hydrogen) atoms. The predicted molar refractivity (Wildman–Crippen MR) is 179 cm³/mol. The Bertz CT molecular complexity index is 2180. The van der Waals surface area contributed by atoms with Crippen molar-refractivity contribution in [2.24, 2.45) is 0 Å². The Morgan fingerprint density at radius 2 is 0.955 bits per heavy atom. The molecule has 0 amide bonds. The standard InChI is InChI=1S/C42H32O2/c1-41(2)34-21-27(39(43)25-13-7-5-8-14-25)19-20-29(34)31-22-36-33(24-35(31)41)38-30-18-12-11-17-28(30)32(23-37(38)42(36,3)4)40(44)26-15-9-6-10-16-26/h5-24H,1-4H3. The second kappa shape index (κ2) is 9.21. The fourth-order valence-electron chi connectivity index (χ4n) is 7.64. The van der Waals surface area contributed by atoms with Crippen LogP contribution < -0.4 is 0 Å². The topological polar surface area (TPSA) is 34.1 Å². The van der Waals surface area contributed by atoms with E-state index in [2.05, 4.69) is 76.2 Å². The molecule has 0 bridgehead atoms. The van der Waals surface area contributed by atoms with Gasteiger partial charge in [0.1, 0.15) is 0 Å². The Labute approximate surface area is 258 Å². The summed E-state index contributed by atoms with van der Waals surface area (Å²) in [5.41, 5.74) is 12.1. The van der Waals surface area contributed by atoms with Crippen LogP contribution in [0, 0.1) is 0 Å². The molecule has 212 valence electrons. The zero-order valence-corrected chi connectivity index (χ0v) is 25.4. The van der Waals surface area contributed by atoms with E-state index in [0.717, 1.165) is 21.9 Å². The normalized spacial score (nSPS) is 14.9. The van der Waals surface area contributed by atoms with Gasteiger partial charge in [-0.05, 0) is 79.5 Å². The lowest BCUT2D eigenvalue weighted by Gasteiger charge is -2.24. The van der Waals surface area contributed by atoms with Gasteiger partial charge < -0.3 is 0 Å². The molecule has 0 aliphatic heterocycles. The van der Waals surface area contributed by atoms with Crippen LogP contribution in [-0.2, 0) is 10.8 Å². The van der Waals surface area contributed by atoms with E-state index in [1.807, 2.05) is 72.8 Å². The molecule has 0 spiro atoms. The summed E-state index contributed by atoms with van der Waals surface area (Å²) in [6.45, 7) is 9.08. The van der Waals surface area contributed by atoms with Crippen LogP contribution in [0.3, 0.4) is 0 Å². The van der Waals surface area contributed by atoms with Crippen molar-refractivity contribution in [3.8, 4) is 22.3 Å².